The number of ether oxygens (including phenoxy) is 1. The van der Waals surface area contributed by atoms with E-state index in [-0.39, 0.29) is 12.6 Å². The number of rotatable bonds is 9. The van der Waals surface area contributed by atoms with Gasteiger partial charge in [0.05, 0.1) is 6.54 Å². The molecule has 5 nitrogen and oxygen atoms in total. The van der Waals surface area contributed by atoms with E-state index in [9.17, 15) is 9.18 Å². The van der Waals surface area contributed by atoms with Gasteiger partial charge in [-0.15, -0.1) is 0 Å². The van der Waals surface area contributed by atoms with Crippen molar-refractivity contribution in [3.63, 3.8) is 0 Å². The molecule has 0 aromatic heterocycles. The normalized spacial score (nSPS) is 13.0. The number of alkyl halides is 1. The summed E-state index contributed by atoms with van der Waals surface area (Å²) in [5.41, 5.74) is -0.153. The third kappa shape index (κ3) is 14.8. The van der Waals surface area contributed by atoms with Crippen LogP contribution in [0.25, 0.3) is 0 Å². The molecule has 0 fully saturated rings. The van der Waals surface area contributed by atoms with Crippen molar-refractivity contribution in [3.8, 4) is 0 Å². The molecule has 0 aromatic rings. The standard InChI is InChI=1S/C20H34FN3O2S.C2H6/c1-10-11-24(19(25)26-20(6,7)8)13-18(22-9)23-16(4)14(2)12-15(3)27-17(5)21;1-2/h12,17H,3-4,10-11,13H2,1-2,5-9H3,(H,22,23);1-2H3/b14-12+;. The molecule has 0 saturated carbocycles. The summed E-state index contributed by atoms with van der Waals surface area (Å²) in [6.07, 6.45) is 2.18. The molecule has 1 atom stereocenters. The van der Waals surface area contributed by atoms with Crippen LogP contribution >= 0.6 is 11.8 Å². The van der Waals surface area contributed by atoms with Crippen LogP contribution in [-0.2, 0) is 4.74 Å². The minimum Gasteiger partial charge on any atom is -0.444 e. The number of nitrogens with one attached hydrogen (secondary N) is 1. The van der Waals surface area contributed by atoms with Crippen molar-refractivity contribution in [1.82, 2.24) is 10.2 Å². The Balaban J connectivity index is 0. The van der Waals surface area contributed by atoms with E-state index in [0.717, 1.165) is 23.8 Å². The fourth-order valence-electron chi connectivity index (χ4n) is 2.02. The van der Waals surface area contributed by atoms with Crippen LogP contribution in [0.4, 0.5) is 9.18 Å². The van der Waals surface area contributed by atoms with Crippen molar-refractivity contribution >= 4 is 23.7 Å². The van der Waals surface area contributed by atoms with Crippen LogP contribution in [-0.4, -0.2) is 48.1 Å². The number of thioether (sulfide) groups is 1. The highest BCUT2D eigenvalue weighted by molar-refractivity contribution is 8.03. The number of aliphatic imine (C=N–C) groups is 1. The van der Waals surface area contributed by atoms with Gasteiger partial charge in [-0.2, -0.15) is 0 Å². The Bertz CT molecular complexity index is 593. The highest BCUT2D eigenvalue weighted by atomic mass is 32.2. The van der Waals surface area contributed by atoms with E-state index >= 15 is 0 Å². The van der Waals surface area contributed by atoms with Gasteiger partial charge >= 0.3 is 6.09 Å². The van der Waals surface area contributed by atoms with Gasteiger partial charge in [0.2, 0.25) is 0 Å². The Labute approximate surface area is 181 Å². The highest BCUT2D eigenvalue weighted by Crippen LogP contribution is 2.23. The molecule has 1 amide bonds. The Hall–Kier alpha value is -1.76. The lowest BCUT2D eigenvalue weighted by atomic mass is 10.2. The van der Waals surface area contributed by atoms with Gasteiger partial charge in [0, 0.05) is 24.2 Å². The summed E-state index contributed by atoms with van der Waals surface area (Å²) >= 11 is 1.05. The second kappa shape index (κ2) is 15.1. The molecule has 0 aliphatic heterocycles. The smallest absolute Gasteiger partial charge is 0.410 e. The number of amides is 1. The van der Waals surface area contributed by atoms with E-state index in [4.69, 9.17) is 4.74 Å². The zero-order valence-corrected chi connectivity index (χ0v) is 20.5. The van der Waals surface area contributed by atoms with E-state index in [1.807, 2.05) is 48.5 Å². The maximum absolute atomic E-state index is 13.0. The summed E-state index contributed by atoms with van der Waals surface area (Å²) in [7, 11) is 1.65. The monoisotopic (exact) mass is 429 g/mol. The first-order valence-electron chi connectivity index (χ1n) is 9.97. The number of halogens is 1. The maximum atomic E-state index is 13.0. The zero-order valence-electron chi connectivity index (χ0n) is 19.7. The molecule has 0 spiro atoms. The van der Waals surface area contributed by atoms with Crippen molar-refractivity contribution < 1.29 is 13.9 Å². The summed E-state index contributed by atoms with van der Waals surface area (Å²) in [5.74, 6) is 0.587. The molecule has 0 rings (SSSR count). The van der Waals surface area contributed by atoms with Gasteiger partial charge in [0.25, 0.3) is 0 Å². The lowest BCUT2D eigenvalue weighted by Gasteiger charge is -2.28. The first-order valence-corrected chi connectivity index (χ1v) is 10.8. The van der Waals surface area contributed by atoms with Crippen molar-refractivity contribution in [2.75, 3.05) is 20.1 Å². The molecule has 29 heavy (non-hydrogen) atoms. The largest absolute Gasteiger partial charge is 0.444 e. The van der Waals surface area contributed by atoms with Gasteiger partial charge in [-0.25, -0.2) is 9.18 Å². The number of hydrogen-bond acceptors (Lipinski definition) is 4. The zero-order chi connectivity index (χ0) is 23.2. The topological polar surface area (TPSA) is 53.9 Å². The van der Waals surface area contributed by atoms with Gasteiger partial charge in [0.1, 0.15) is 16.9 Å². The lowest BCUT2D eigenvalue weighted by molar-refractivity contribution is 0.0278. The molecular weight excluding hydrogens is 389 g/mol. The first kappa shape index (κ1) is 29.4. The second-order valence-corrected chi connectivity index (χ2v) is 8.54. The quantitative estimate of drug-likeness (QED) is 0.265. The summed E-state index contributed by atoms with van der Waals surface area (Å²) < 4.78 is 18.5. The Morgan fingerprint density at radius 3 is 2.31 bits per heavy atom. The fraction of sp³-hybridized carbons (Fsp3) is 0.636. The van der Waals surface area contributed by atoms with Crippen LogP contribution in [0.1, 0.15) is 61.8 Å². The van der Waals surface area contributed by atoms with Crippen molar-refractivity contribution in [2.24, 2.45) is 4.99 Å². The average Bonchev–Trinajstić information content (AvgIpc) is 2.59. The first-order chi connectivity index (χ1) is 13.4. The summed E-state index contributed by atoms with van der Waals surface area (Å²) in [4.78, 5) is 18.8. The third-order valence-corrected chi connectivity index (χ3v) is 3.96. The van der Waals surface area contributed by atoms with Crippen LogP contribution in [0.3, 0.4) is 0 Å². The second-order valence-electron chi connectivity index (χ2n) is 7.13. The molecular formula is C22H40FN3O2S. The van der Waals surface area contributed by atoms with Crippen molar-refractivity contribution in [2.45, 2.75) is 72.9 Å². The van der Waals surface area contributed by atoms with E-state index in [1.54, 1.807) is 18.0 Å². The van der Waals surface area contributed by atoms with E-state index in [0.29, 0.717) is 23.0 Å². The fourth-order valence-corrected chi connectivity index (χ4v) is 2.68. The van der Waals surface area contributed by atoms with Crippen LogP contribution in [0, 0.1) is 0 Å². The molecule has 0 radical (unpaired) electrons. The molecule has 0 bridgehead atoms. The van der Waals surface area contributed by atoms with Gasteiger partial charge in [-0.05, 0) is 52.7 Å². The minimum atomic E-state index is -1.02. The molecule has 0 aliphatic rings. The summed E-state index contributed by atoms with van der Waals surface area (Å²) in [6, 6.07) is 0. The summed E-state index contributed by atoms with van der Waals surface area (Å²) in [5, 5.41) is 3.13. The Morgan fingerprint density at radius 2 is 1.90 bits per heavy atom. The Kier molecular flexibility index (Phi) is 15.4. The predicted molar refractivity (Wildman–Crippen MR) is 126 cm³/mol. The van der Waals surface area contributed by atoms with Crippen molar-refractivity contribution in [3.05, 3.63) is 35.4 Å². The third-order valence-electron chi connectivity index (χ3n) is 3.22. The molecule has 0 saturated heterocycles. The number of amidine groups is 1. The van der Waals surface area contributed by atoms with E-state index < -0.39 is 11.1 Å². The number of nitrogens with zero attached hydrogens (tertiary/aromatic N) is 2. The molecule has 7 heteroatoms. The molecule has 1 unspecified atom stereocenters. The minimum absolute atomic E-state index is 0.281. The van der Waals surface area contributed by atoms with Gasteiger partial charge < -0.3 is 15.0 Å². The number of hydrogen-bond donors (Lipinski definition) is 1. The number of carbonyl (C=O) groups excluding carboxylic acids is 1. The molecule has 168 valence electrons. The molecule has 0 heterocycles. The van der Waals surface area contributed by atoms with Gasteiger partial charge in [-0.1, -0.05) is 45.7 Å². The van der Waals surface area contributed by atoms with Crippen LogP contribution < -0.4 is 5.32 Å². The number of carbonyl (C=O) groups is 1. The van der Waals surface area contributed by atoms with Crippen LogP contribution in [0.5, 0.6) is 0 Å². The maximum Gasteiger partial charge on any atom is 0.410 e. The van der Waals surface area contributed by atoms with Gasteiger partial charge in [-0.3, -0.25) is 4.99 Å². The molecule has 0 aromatic carbocycles. The van der Waals surface area contributed by atoms with E-state index in [1.165, 1.54) is 6.92 Å². The van der Waals surface area contributed by atoms with Crippen LogP contribution in [0.15, 0.2) is 40.4 Å². The van der Waals surface area contributed by atoms with Gasteiger partial charge in [0.15, 0.2) is 0 Å². The average molecular weight is 430 g/mol. The molecule has 1 N–H and O–H groups in total. The highest BCUT2D eigenvalue weighted by Gasteiger charge is 2.22. The number of allylic oxidation sites excluding steroid dienone is 2. The SMILES string of the molecule is C=C(/C=C(\C)C(=C)NC(CN(CCC)C(=O)OC(C)(C)C)=NC)SC(C)F.CC. The van der Waals surface area contributed by atoms with Crippen LogP contribution in [0.2, 0.25) is 0 Å². The predicted octanol–water partition coefficient (Wildman–Crippen LogP) is 6.30. The molecule has 0 aliphatic carbocycles. The van der Waals surface area contributed by atoms with Crippen molar-refractivity contribution in [1.29, 1.82) is 0 Å². The summed E-state index contributed by atoms with van der Waals surface area (Å²) in [6.45, 7) is 23.5. The Morgan fingerprint density at radius 1 is 1.34 bits per heavy atom. The lowest BCUT2D eigenvalue weighted by Crippen LogP contribution is -2.43. The van der Waals surface area contributed by atoms with E-state index in [2.05, 4.69) is 23.5 Å².